The van der Waals surface area contributed by atoms with Crippen molar-refractivity contribution >= 4 is 5.91 Å². The first-order valence-electron chi connectivity index (χ1n) is 5.16. The number of carbonyl (C=O) groups excluding carboxylic acids is 1. The normalized spacial score (nSPS) is 15.8. The molecular formula is C11H14N2O2. The molecule has 1 saturated carbocycles. The summed E-state index contributed by atoms with van der Waals surface area (Å²) in [6, 6.07) is 3.62. The number of aromatic nitrogens is 1. The summed E-state index contributed by atoms with van der Waals surface area (Å²) in [4.78, 5) is 15.6. The summed E-state index contributed by atoms with van der Waals surface area (Å²) in [5.41, 5.74) is 1.09. The number of aliphatic hydroxyl groups is 1. The van der Waals surface area contributed by atoms with Gasteiger partial charge in [-0.1, -0.05) is 0 Å². The van der Waals surface area contributed by atoms with Gasteiger partial charge in [-0.2, -0.15) is 0 Å². The molecule has 2 N–H and O–H groups in total. The summed E-state index contributed by atoms with van der Waals surface area (Å²) in [5, 5.41) is 11.8. The molecule has 0 aliphatic heterocycles. The highest BCUT2D eigenvalue weighted by atomic mass is 16.3. The number of nitrogens with one attached hydrogen (secondary N) is 1. The average molecular weight is 206 g/mol. The number of carbonyl (C=O) groups is 1. The van der Waals surface area contributed by atoms with E-state index in [1.807, 2.05) is 0 Å². The van der Waals surface area contributed by atoms with Crippen molar-refractivity contribution in [2.75, 3.05) is 0 Å². The number of rotatable bonds is 3. The highest BCUT2D eigenvalue weighted by Crippen LogP contribution is 2.18. The first-order chi connectivity index (χ1) is 7.29. The lowest BCUT2D eigenvalue weighted by Gasteiger charge is -2.26. The summed E-state index contributed by atoms with van der Waals surface area (Å²) in [5.74, 6) is -0.0724. The third-order valence-electron chi connectivity index (χ3n) is 2.68. The monoisotopic (exact) mass is 206 g/mol. The molecule has 1 aliphatic rings. The van der Waals surface area contributed by atoms with E-state index in [0.29, 0.717) is 17.3 Å². The van der Waals surface area contributed by atoms with Gasteiger partial charge in [0.05, 0.1) is 12.3 Å². The van der Waals surface area contributed by atoms with Gasteiger partial charge in [0.25, 0.3) is 5.91 Å². The molecule has 80 valence electrons. The van der Waals surface area contributed by atoms with Crippen molar-refractivity contribution in [3.63, 3.8) is 0 Å². The average Bonchev–Trinajstić information content (AvgIpc) is 2.23. The van der Waals surface area contributed by atoms with Crippen LogP contribution in [0.2, 0.25) is 0 Å². The molecule has 4 nitrogen and oxygen atoms in total. The van der Waals surface area contributed by atoms with Crippen LogP contribution in [0.3, 0.4) is 0 Å². The molecule has 0 bridgehead atoms. The van der Waals surface area contributed by atoms with Gasteiger partial charge in [0.2, 0.25) is 0 Å². The molecule has 1 aliphatic carbocycles. The van der Waals surface area contributed by atoms with E-state index in [9.17, 15) is 4.79 Å². The van der Waals surface area contributed by atoms with Gasteiger partial charge >= 0.3 is 0 Å². The lowest BCUT2D eigenvalue weighted by atomic mass is 9.93. The molecule has 1 amide bonds. The van der Waals surface area contributed by atoms with Crippen molar-refractivity contribution in [1.82, 2.24) is 10.3 Å². The summed E-state index contributed by atoms with van der Waals surface area (Å²) in [6.45, 7) is -0.134. The molecule has 2 rings (SSSR count). The minimum Gasteiger partial charge on any atom is -0.390 e. The first kappa shape index (κ1) is 10.1. The Morgan fingerprint density at radius 2 is 2.40 bits per heavy atom. The lowest BCUT2D eigenvalue weighted by Crippen LogP contribution is -2.39. The fourth-order valence-electron chi connectivity index (χ4n) is 1.53. The largest absolute Gasteiger partial charge is 0.390 e. The van der Waals surface area contributed by atoms with Crippen LogP contribution < -0.4 is 5.32 Å². The summed E-state index contributed by atoms with van der Waals surface area (Å²) >= 11 is 0. The van der Waals surface area contributed by atoms with Crippen molar-refractivity contribution < 1.29 is 9.90 Å². The second-order valence-corrected chi connectivity index (χ2v) is 3.80. The molecule has 0 spiro atoms. The second-order valence-electron chi connectivity index (χ2n) is 3.80. The van der Waals surface area contributed by atoms with E-state index in [-0.39, 0.29) is 12.5 Å². The molecule has 4 heteroatoms. The van der Waals surface area contributed by atoms with E-state index in [1.165, 1.54) is 6.42 Å². The van der Waals surface area contributed by atoms with Gasteiger partial charge < -0.3 is 10.4 Å². The van der Waals surface area contributed by atoms with Gasteiger partial charge in [-0.05, 0) is 31.4 Å². The van der Waals surface area contributed by atoms with Crippen LogP contribution in [-0.4, -0.2) is 22.0 Å². The maximum absolute atomic E-state index is 11.7. The van der Waals surface area contributed by atoms with Gasteiger partial charge in [-0.15, -0.1) is 0 Å². The number of aliphatic hydroxyl groups excluding tert-OH is 1. The highest BCUT2D eigenvalue weighted by molar-refractivity contribution is 5.94. The van der Waals surface area contributed by atoms with Crippen molar-refractivity contribution in [2.45, 2.75) is 31.9 Å². The molecule has 0 unspecified atom stereocenters. The Balaban J connectivity index is 2.03. The molecule has 1 aromatic rings. The van der Waals surface area contributed by atoms with E-state index in [1.54, 1.807) is 18.3 Å². The Kier molecular flexibility index (Phi) is 2.97. The number of amides is 1. The van der Waals surface area contributed by atoms with Crippen molar-refractivity contribution in [3.8, 4) is 0 Å². The number of nitrogens with zero attached hydrogens (tertiary/aromatic N) is 1. The summed E-state index contributed by atoms with van der Waals surface area (Å²) in [7, 11) is 0. The van der Waals surface area contributed by atoms with E-state index < -0.39 is 0 Å². The maximum atomic E-state index is 11.7. The zero-order chi connectivity index (χ0) is 10.7. The van der Waals surface area contributed by atoms with Crippen LogP contribution in [0.4, 0.5) is 0 Å². The predicted molar refractivity (Wildman–Crippen MR) is 55.3 cm³/mol. The lowest BCUT2D eigenvalue weighted by molar-refractivity contribution is 0.0916. The Hall–Kier alpha value is -1.42. The van der Waals surface area contributed by atoms with Crippen LogP contribution in [0.15, 0.2) is 18.3 Å². The Morgan fingerprint density at radius 3 is 3.00 bits per heavy atom. The van der Waals surface area contributed by atoms with Gasteiger partial charge in [-0.25, -0.2) is 0 Å². The molecule has 0 saturated heterocycles. The van der Waals surface area contributed by atoms with Crippen LogP contribution in [-0.2, 0) is 6.61 Å². The van der Waals surface area contributed by atoms with Crippen LogP contribution in [0.1, 0.15) is 35.3 Å². The number of hydrogen-bond acceptors (Lipinski definition) is 3. The van der Waals surface area contributed by atoms with Gasteiger partial charge in [0.1, 0.15) is 0 Å². The third kappa shape index (κ3) is 2.33. The van der Waals surface area contributed by atoms with Crippen LogP contribution >= 0.6 is 0 Å². The minimum atomic E-state index is -0.134. The molecule has 0 radical (unpaired) electrons. The maximum Gasteiger partial charge on any atom is 0.251 e. The van der Waals surface area contributed by atoms with Crippen LogP contribution in [0.25, 0.3) is 0 Å². The van der Waals surface area contributed by atoms with Crippen molar-refractivity contribution in [2.24, 2.45) is 0 Å². The number of pyridine rings is 1. The molecular weight excluding hydrogens is 192 g/mol. The molecule has 1 heterocycles. The zero-order valence-electron chi connectivity index (χ0n) is 8.44. The van der Waals surface area contributed by atoms with Crippen LogP contribution in [0, 0.1) is 0 Å². The Bertz CT molecular complexity index is 361. The fourth-order valence-corrected chi connectivity index (χ4v) is 1.53. The molecule has 1 aromatic heterocycles. The zero-order valence-corrected chi connectivity index (χ0v) is 8.44. The minimum absolute atomic E-state index is 0.0724. The van der Waals surface area contributed by atoms with E-state index >= 15 is 0 Å². The van der Waals surface area contributed by atoms with Crippen molar-refractivity contribution in [1.29, 1.82) is 0 Å². The smallest absolute Gasteiger partial charge is 0.251 e. The standard InChI is InChI=1S/C11H14N2O2/c14-7-10-6-8(4-5-12-10)11(15)13-9-2-1-3-9/h4-6,9,14H,1-3,7H2,(H,13,15). The summed E-state index contributed by atoms with van der Waals surface area (Å²) in [6.07, 6.45) is 4.89. The molecule has 0 aromatic carbocycles. The quantitative estimate of drug-likeness (QED) is 0.771. The van der Waals surface area contributed by atoms with Gasteiger partial charge in [0.15, 0.2) is 0 Å². The van der Waals surface area contributed by atoms with E-state index in [4.69, 9.17) is 5.11 Å². The molecule has 0 atom stereocenters. The fraction of sp³-hybridized carbons (Fsp3) is 0.455. The van der Waals surface area contributed by atoms with Gasteiger partial charge in [0, 0.05) is 17.8 Å². The topological polar surface area (TPSA) is 62.2 Å². The first-order valence-corrected chi connectivity index (χ1v) is 5.16. The number of hydrogen-bond donors (Lipinski definition) is 2. The Labute approximate surface area is 88.3 Å². The van der Waals surface area contributed by atoms with E-state index in [0.717, 1.165) is 12.8 Å². The van der Waals surface area contributed by atoms with Gasteiger partial charge in [-0.3, -0.25) is 9.78 Å². The molecule has 1 fully saturated rings. The van der Waals surface area contributed by atoms with E-state index in [2.05, 4.69) is 10.3 Å². The highest BCUT2D eigenvalue weighted by Gasteiger charge is 2.20. The second kappa shape index (κ2) is 4.40. The molecule has 15 heavy (non-hydrogen) atoms. The Morgan fingerprint density at radius 1 is 1.60 bits per heavy atom. The van der Waals surface area contributed by atoms with Crippen molar-refractivity contribution in [3.05, 3.63) is 29.6 Å². The van der Waals surface area contributed by atoms with Crippen LogP contribution in [0.5, 0.6) is 0 Å². The summed E-state index contributed by atoms with van der Waals surface area (Å²) < 4.78 is 0. The SMILES string of the molecule is O=C(NC1CCC1)c1ccnc(CO)c1. The predicted octanol–water partition coefficient (Wildman–Crippen LogP) is 0.856. The third-order valence-corrected chi connectivity index (χ3v) is 2.68.